The number of ether oxygens (including phenoxy) is 2. The number of aryl methyl sites for hydroxylation is 1. The van der Waals surface area contributed by atoms with Crippen LogP contribution in [0.5, 0.6) is 11.9 Å². The van der Waals surface area contributed by atoms with E-state index in [9.17, 15) is 8.42 Å². The Labute approximate surface area is 254 Å². The predicted octanol–water partition coefficient (Wildman–Crippen LogP) is 4.93. The second kappa shape index (κ2) is 14.1. The lowest BCUT2D eigenvalue weighted by Crippen LogP contribution is -2.30. The normalized spacial score (nSPS) is 11.2. The van der Waals surface area contributed by atoms with E-state index in [0.29, 0.717) is 16.7 Å². The first-order chi connectivity index (χ1) is 20.9. The molecule has 3 heterocycles. The molecule has 0 aliphatic rings. The van der Waals surface area contributed by atoms with Gasteiger partial charge >= 0.3 is 16.2 Å². The SMILES string of the molecule is CSc1cnc(OCCOc2nc(-c3ccncc3)nc(NS(=O)(=O)NCc3ccccc3)c2-c2ccc(C)cc2)nc1. The highest BCUT2D eigenvalue weighted by Gasteiger charge is 2.23. The first kappa shape index (κ1) is 29.9. The maximum absolute atomic E-state index is 13.3. The van der Waals surface area contributed by atoms with Crippen molar-refractivity contribution in [2.45, 2.75) is 18.4 Å². The van der Waals surface area contributed by atoms with E-state index in [1.165, 1.54) is 11.8 Å². The largest absolute Gasteiger partial charge is 0.473 e. The monoisotopic (exact) mass is 615 g/mol. The zero-order valence-electron chi connectivity index (χ0n) is 23.5. The number of rotatable bonds is 13. The van der Waals surface area contributed by atoms with Crippen LogP contribution in [-0.2, 0) is 16.8 Å². The summed E-state index contributed by atoms with van der Waals surface area (Å²) in [6, 6.07) is 20.5. The summed E-state index contributed by atoms with van der Waals surface area (Å²) in [7, 11) is -4.06. The third kappa shape index (κ3) is 8.25. The van der Waals surface area contributed by atoms with Crippen molar-refractivity contribution in [2.75, 3.05) is 24.2 Å². The molecule has 2 aromatic carbocycles. The molecule has 3 aromatic heterocycles. The van der Waals surface area contributed by atoms with Crippen LogP contribution in [0.25, 0.3) is 22.5 Å². The van der Waals surface area contributed by atoms with Crippen LogP contribution in [0.3, 0.4) is 0 Å². The van der Waals surface area contributed by atoms with Crippen LogP contribution in [0.4, 0.5) is 5.82 Å². The standard InChI is InChI=1S/C30H29N7O4S2/c1-21-8-10-23(11-9-21)26-28(37-43(38,39)34-18-22-6-4-3-5-7-22)35-27(24-12-14-31-15-13-24)36-29(26)40-16-17-41-30-32-19-25(42-2)20-33-30/h3-15,19-20,34H,16-18H2,1-2H3,(H,35,36,37). The van der Waals surface area contributed by atoms with E-state index in [1.807, 2.05) is 67.8 Å². The molecule has 0 fully saturated rings. The van der Waals surface area contributed by atoms with Crippen LogP contribution in [-0.4, -0.2) is 52.8 Å². The number of hydrogen-bond acceptors (Lipinski definition) is 10. The van der Waals surface area contributed by atoms with E-state index < -0.39 is 10.2 Å². The lowest BCUT2D eigenvalue weighted by molar-refractivity contribution is 0.202. The Morgan fingerprint density at radius 3 is 2.23 bits per heavy atom. The van der Waals surface area contributed by atoms with Crippen LogP contribution in [0.1, 0.15) is 11.1 Å². The summed E-state index contributed by atoms with van der Waals surface area (Å²) >= 11 is 1.53. The van der Waals surface area contributed by atoms with E-state index in [1.54, 1.807) is 36.9 Å². The van der Waals surface area contributed by atoms with Gasteiger partial charge in [0.15, 0.2) is 11.6 Å². The van der Waals surface area contributed by atoms with Gasteiger partial charge in [0, 0.05) is 41.8 Å². The fourth-order valence-electron chi connectivity index (χ4n) is 3.92. The molecule has 5 rings (SSSR count). The topological polar surface area (TPSA) is 141 Å². The molecule has 220 valence electrons. The van der Waals surface area contributed by atoms with E-state index in [4.69, 9.17) is 9.47 Å². The molecule has 0 radical (unpaired) electrons. The number of benzene rings is 2. The second-order valence-electron chi connectivity index (χ2n) is 9.19. The van der Waals surface area contributed by atoms with E-state index in [-0.39, 0.29) is 43.3 Å². The van der Waals surface area contributed by atoms with Crippen molar-refractivity contribution in [1.82, 2.24) is 29.6 Å². The van der Waals surface area contributed by atoms with Gasteiger partial charge in [-0.05, 0) is 36.4 Å². The highest BCUT2D eigenvalue weighted by molar-refractivity contribution is 7.98. The van der Waals surface area contributed by atoms with Gasteiger partial charge in [-0.2, -0.15) is 18.1 Å². The van der Waals surface area contributed by atoms with Crippen molar-refractivity contribution in [3.63, 3.8) is 0 Å². The van der Waals surface area contributed by atoms with Crippen molar-refractivity contribution in [3.8, 4) is 34.4 Å². The minimum absolute atomic E-state index is 0.0538. The molecule has 0 aliphatic heterocycles. The average molecular weight is 616 g/mol. The molecule has 13 heteroatoms. The molecule has 0 amide bonds. The highest BCUT2D eigenvalue weighted by Crippen LogP contribution is 2.37. The molecule has 0 saturated heterocycles. The van der Waals surface area contributed by atoms with Crippen molar-refractivity contribution in [3.05, 3.63) is 103 Å². The van der Waals surface area contributed by atoms with Gasteiger partial charge in [-0.15, -0.1) is 11.8 Å². The van der Waals surface area contributed by atoms with Crippen LogP contribution in [0.15, 0.2) is 96.4 Å². The molecule has 0 saturated carbocycles. The summed E-state index contributed by atoms with van der Waals surface area (Å²) in [6.45, 7) is 2.27. The second-order valence-corrected chi connectivity index (χ2v) is 11.6. The van der Waals surface area contributed by atoms with Crippen molar-refractivity contribution in [2.24, 2.45) is 0 Å². The van der Waals surface area contributed by atoms with Gasteiger partial charge in [-0.25, -0.2) is 15.0 Å². The van der Waals surface area contributed by atoms with Gasteiger partial charge < -0.3 is 9.47 Å². The average Bonchev–Trinajstić information content (AvgIpc) is 3.04. The molecule has 0 unspecified atom stereocenters. The maximum atomic E-state index is 13.3. The molecular formula is C30H29N7O4S2. The fraction of sp³-hybridized carbons (Fsp3) is 0.167. The van der Waals surface area contributed by atoms with Crippen LogP contribution in [0.2, 0.25) is 0 Å². The Morgan fingerprint density at radius 1 is 0.837 bits per heavy atom. The Morgan fingerprint density at radius 2 is 1.53 bits per heavy atom. The Bertz CT molecular complexity index is 1740. The summed E-state index contributed by atoms with van der Waals surface area (Å²) in [6.07, 6.45) is 8.51. The smallest absolute Gasteiger partial charge is 0.316 e. The highest BCUT2D eigenvalue weighted by atomic mass is 32.2. The molecule has 11 nitrogen and oxygen atoms in total. The molecule has 2 N–H and O–H groups in total. The van der Waals surface area contributed by atoms with Gasteiger partial charge in [0.2, 0.25) is 5.88 Å². The maximum Gasteiger partial charge on any atom is 0.316 e. The van der Waals surface area contributed by atoms with Gasteiger partial charge in [0.05, 0.1) is 5.56 Å². The summed E-state index contributed by atoms with van der Waals surface area (Å²) in [5, 5.41) is 0. The number of nitrogens with zero attached hydrogens (tertiary/aromatic N) is 5. The number of anilines is 1. The quantitative estimate of drug-likeness (QED) is 0.138. The molecule has 0 bridgehead atoms. The van der Waals surface area contributed by atoms with E-state index in [0.717, 1.165) is 16.0 Å². The van der Waals surface area contributed by atoms with Crippen LogP contribution < -0.4 is 18.9 Å². The predicted molar refractivity (Wildman–Crippen MR) is 166 cm³/mol. The van der Waals surface area contributed by atoms with Crippen LogP contribution in [0, 0.1) is 6.92 Å². The molecular weight excluding hydrogens is 587 g/mol. The third-order valence-electron chi connectivity index (χ3n) is 6.09. The first-order valence-corrected chi connectivity index (χ1v) is 15.9. The lowest BCUT2D eigenvalue weighted by atomic mass is 10.1. The van der Waals surface area contributed by atoms with Crippen molar-refractivity contribution in [1.29, 1.82) is 0 Å². The minimum Gasteiger partial charge on any atom is -0.473 e. The number of pyridine rings is 1. The van der Waals surface area contributed by atoms with Gasteiger partial charge in [0.25, 0.3) is 0 Å². The first-order valence-electron chi connectivity index (χ1n) is 13.2. The summed E-state index contributed by atoms with van der Waals surface area (Å²) < 4.78 is 43.5. The molecule has 0 atom stereocenters. The molecule has 43 heavy (non-hydrogen) atoms. The van der Waals surface area contributed by atoms with Gasteiger partial charge in [-0.1, -0.05) is 60.2 Å². The molecule has 0 spiro atoms. The molecule has 5 aromatic rings. The zero-order chi connectivity index (χ0) is 30.1. The van der Waals surface area contributed by atoms with Crippen molar-refractivity contribution < 1.29 is 17.9 Å². The lowest BCUT2D eigenvalue weighted by Gasteiger charge is -2.18. The number of aromatic nitrogens is 5. The van der Waals surface area contributed by atoms with Gasteiger partial charge in [0.1, 0.15) is 13.2 Å². The third-order valence-corrected chi connectivity index (χ3v) is 7.76. The zero-order valence-corrected chi connectivity index (χ0v) is 25.1. The summed E-state index contributed by atoms with van der Waals surface area (Å²) in [5.74, 6) is 0.484. The summed E-state index contributed by atoms with van der Waals surface area (Å²) in [4.78, 5) is 22.7. The number of hydrogen-bond donors (Lipinski definition) is 2. The number of thioether (sulfide) groups is 1. The van der Waals surface area contributed by atoms with E-state index in [2.05, 4.69) is 34.4 Å². The minimum atomic E-state index is -4.06. The Kier molecular flexibility index (Phi) is 9.77. The summed E-state index contributed by atoms with van der Waals surface area (Å²) in [5.41, 5.74) is 3.52. The van der Waals surface area contributed by atoms with E-state index >= 15 is 0 Å². The molecule has 0 aliphatic carbocycles. The van der Waals surface area contributed by atoms with Crippen molar-refractivity contribution >= 4 is 27.8 Å². The Hall–Kier alpha value is -4.59. The Balaban J connectivity index is 1.48. The number of nitrogens with one attached hydrogen (secondary N) is 2. The fourth-order valence-corrected chi connectivity index (χ4v) is 5.07. The van der Waals surface area contributed by atoms with Gasteiger partial charge in [-0.3, -0.25) is 9.71 Å². The van der Waals surface area contributed by atoms with Crippen LogP contribution >= 0.6 is 11.8 Å².